The molecule has 0 aliphatic rings. The van der Waals surface area contributed by atoms with Gasteiger partial charge >= 0.3 is 0 Å². The summed E-state index contributed by atoms with van der Waals surface area (Å²) in [6, 6.07) is 10.1. The molecule has 0 radical (unpaired) electrons. The van der Waals surface area contributed by atoms with E-state index in [0.29, 0.717) is 0 Å². The van der Waals surface area contributed by atoms with E-state index in [1.165, 1.54) is 0 Å². The minimum atomic E-state index is 0.745. The number of nitrogens with one attached hydrogen (secondary N) is 1. The van der Waals surface area contributed by atoms with Crippen LogP contribution in [0.1, 0.15) is 13.8 Å². The van der Waals surface area contributed by atoms with Crippen molar-refractivity contribution in [1.82, 2.24) is 0 Å². The predicted octanol–water partition coefficient (Wildman–Crippen LogP) is 2.77. The molecule has 74 valence electrons. The second-order valence-electron chi connectivity index (χ2n) is 2.29. The largest absolute Gasteiger partial charge is 0.383 e. The van der Waals surface area contributed by atoms with E-state index >= 15 is 0 Å². The van der Waals surface area contributed by atoms with E-state index in [1.54, 1.807) is 7.11 Å². The van der Waals surface area contributed by atoms with Gasteiger partial charge in [-0.2, -0.15) is 0 Å². The highest BCUT2D eigenvalue weighted by Gasteiger charge is 1.86. The first kappa shape index (κ1) is 12.0. The molecule has 0 aliphatic heterocycles. The Bertz CT molecular complexity index is 187. The topological polar surface area (TPSA) is 21.3 Å². The molecule has 13 heavy (non-hydrogen) atoms. The maximum atomic E-state index is 4.90. The second kappa shape index (κ2) is 9.07. The van der Waals surface area contributed by atoms with Crippen molar-refractivity contribution in [3.63, 3.8) is 0 Å². The minimum Gasteiger partial charge on any atom is -0.383 e. The fourth-order valence-electron chi connectivity index (χ4n) is 0.853. The minimum absolute atomic E-state index is 0.745. The third kappa shape index (κ3) is 6.17. The van der Waals surface area contributed by atoms with E-state index < -0.39 is 0 Å². The Morgan fingerprint density at radius 2 is 1.77 bits per heavy atom. The van der Waals surface area contributed by atoms with Crippen LogP contribution in [0.15, 0.2) is 30.3 Å². The molecular weight excluding hydrogens is 162 g/mol. The van der Waals surface area contributed by atoms with Crippen molar-refractivity contribution in [2.24, 2.45) is 0 Å². The maximum Gasteiger partial charge on any atom is 0.0635 e. The van der Waals surface area contributed by atoms with Gasteiger partial charge in [0.2, 0.25) is 0 Å². The zero-order valence-corrected chi connectivity index (χ0v) is 8.71. The van der Waals surface area contributed by atoms with E-state index in [1.807, 2.05) is 44.2 Å². The van der Waals surface area contributed by atoms with Crippen LogP contribution >= 0.6 is 0 Å². The second-order valence-corrected chi connectivity index (χ2v) is 2.29. The molecular formula is C11H19NO. The molecule has 0 atom stereocenters. The molecule has 0 aliphatic carbocycles. The zero-order valence-electron chi connectivity index (χ0n) is 8.71. The van der Waals surface area contributed by atoms with Crippen LogP contribution in [0.25, 0.3) is 0 Å². The van der Waals surface area contributed by atoms with Crippen LogP contribution in [0.3, 0.4) is 0 Å². The van der Waals surface area contributed by atoms with Gasteiger partial charge in [0.25, 0.3) is 0 Å². The SMILES string of the molecule is CC.COCCNc1ccccc1. The summed E-state index contributed by atoms with van der Waals surface area (Å²) >= 11 is 0. The Morgan fingerprint density at radius 1 is 1.15 bits per heavy atom. The molecule has 1 aromatic rings. The lowest BCUT2D eigenvalue weighted by Gasteiger charge is -2.03. The van der Waals surface area contributed by atoms with Crippen molar-refractivity contribution in [1.29, 1.82) is 0 Å². The number of hydrogen-bond acceptors (Lipinski definition) is 2. The van der Waals surface area contributed by atoms with Crippen LogP contribution < -0.4 is 5.32 Å². The van der Waals surface area contributed by atoms with Crippen molar-refractivity contribution in [3.05, 3.63) is 30.3 Å². The van der Waals surface area contributed by atoms with Gasteiger partial charge in [0.1, 0.15) is 0 Å². The summed E-state index contributed by atoms with van der Waals surface area (Å²) in [7, 11) is 1.70. The number of ether oxygens (including phenoxy) is 1. The first-order valence-corrected chi connectivity index (χ1v) is 4.71. The molecule has 0 amide bonds. The summed E-state index contributed by atoms with van der Waals surface area (Å²) in [6.45, 7) is 5.61. The number of para-hydroxylation sites is 1. The average Bonchev–Trinajstić information content (AvgIpc) is 2.23. The highest BCUT2D eigenvalue weighted by Crippen LogP contribution is 2.03. The van der Waals surface area contributed by atoms with E-state index in [4.69, 9.17) is 4.74 Å². The van der Waals surface area contributed by atoms with Gasteiger partial charge in [0.15, 0.2) is 0 Å². The Balaban J connectivity index is 0.000000671. The summed E-state index contributed by atoms with van der Waals surface area (Å²) in [5, 5.41) is 3.22. The predicted molar refractivity (Wildman–Crippen MR) is 58.2 cm³/mol. The van der Waals surface area contributed by atoms with E-state index in [9.17, 15) is 0 Å². The molecule has 1 rings (SSSR count). The highest BCUT2D eigenvalue weighted by molar-refractivity contribution is 5.42. The van der Waals surface area contributed by atoms with Crippen LogP contribution in [0, 0.1) is 0 Å². The van der Waals surface area contributed by atoms with Gasteiger partial charge in [-0.15, -0.1) is 0 Å². The normalized spacial score (nSPS) is 8.54. The molecule has 0 aromatic heterocycles. The summed E-state index contributed by atoms with van der Waals surface area (Å²) in [4.78, 5) is 0. The number of hydrogen-bond donors (Lipinski definition) is 1. The molecule has 0 unspecified atom stereocenters. The monoisotopic (exact) mass is 181 g/mol. The molecule has 0 saturated carbocycles. The van der Waals surface area contributed by atoms with Gasteiger partial charge in [-0.05, 0) is 12.1 Å². The standard InChI is InChI=1S/C9H13NO.C2H6/c1-11-8-7-10-9-5-3-2-4-6-9;1-2/h2-6,10H,7-8H2,1H3;1-2H3. The van der Waals surface area contributed by atoms with Crippen LogP contribution in [-0.2, 0) is 4.74 Å². The highest BCUT2D eigenvalue weighted by atomic mass is 16.5. The van der Waals surface area contributed by atoms with Gasteiger partial charge < -0.3 is 10.1 Å². The smallest absolute Gasteiger partial charge is 0.0635 e. The summed E-state index contributed by atoms with van der Waals surface area (Å²) < 4.78 is 4.90. The van der Waals surface area contributed by atoms with Crippen LogP contribution in [0.5, 0.6) is 0 Å². The van der Waals surface area contributed by atoms with Gasteiger partial charge in [-0.3, -0.25) is 0 Å². The van der Waals surface area contributed by atoms with Crippen molar-refractivity contribution in [3.8, 4) is 0 Å². The van der Waals surface area contributed by atoms with E-state index in [-0.39, 0.29) is 0 Å². The van der Waals surface area contributed by atoms with Gasteiger partial charge in [-0.1, -0.05) is 32.0 Å². The zero-order chi connectivity index (χ0) is 9.94. The van der Waals surface area contributed by atoms with Crippen LogP contribution in [0.4, 0.5) is 5.69 Å². The molecule has 0 bridgehead atoms. The quantitative estimate of drug-likeness (QED) is 0.721. The number of methoxy groups -OCH3 is 1. The van der Waals surface area contributed by atoms with Gasteiger partial charge in [0.05, 0.1) is 6.61 Å². The Kier molecular flexibility index (Phi) is 8.36. The molecule has 0 fully saturated rings. The fourth-order valence-corrected chi connectivity index (χ4v) is 0.853. The van der Waals surface area contributed by atoms with E-state index in [0.717, 1.165) is 18.8 Å². The lowest BCUT2D eigenvalue weighted by atomic mass is 10.3. The Hall–Kier alpha value is -1.02. The van der Waals surface area contributed by atoms with Gasteiger partial charge in [-0.25, -0.2) is 0 Å². The first-order valence-electron chi connectivity index (χ1n) is 4.71. The Labute approximate surface area is 80.9 Å². The molecule has 0 heterocycles. The average molecular weight is 181 g/mol. The molecule has 1 aromatic carbocycles. The number of rotatable bonds is 4. The molecule has 2 heteroatoms. The van der Waals surface area contributed by atoms with Crippen molar-refractivity contribution in [2.45, 2.75) is 13.8 Å². The third-order valence-electron chi connectivity index (χ3n) is 1.41. The van der Waals surface area contributed by atoms with Crippen molar-refractivity contribution in [2.75, 3.05) is 25.6 Å². The van der Waals surface area contributed by atoms with Gasteiger partial charge in [0, 0.05) is 19.3 Å². The maximum absolute atomic E-state index is 4.90. The summed E-state index contributed by atoms with van der Waals surface area (Å²) in [5.41, 5.74) is 1.14. The summed E-state index contributed by atoms with van der Waals surface area (Å²) in [5.74, 6) is 0. The first-order chi connectivity index (χ1) is 6.43. The molecule has 0 spiro atoms. The Morgan fingerprint density at radius 3 is 2.31 bits per heavy atom. The van der Waals surface area contributed by atoms with E-state index in [2.05, 4.69) is 5.32 Å². The fraction of sp³-hybridized carbons (Fsp3) is 0.455. The molecule has 0 saturated heterocycles. The van der Waals surface area contributed by atoms with Crippen LogP contribution in [0.2, 0.25) is 0 Å². The molecule has 2 nitrogen and oxygen atoms in total. The summed E-state index contributed by atoms with van der Waals surface area (Å²) in [6.07, 6.45) is 0. The van der Waals surface area contributed by atoms with Crippen molar-refractivity contribution >= 4 is 5.69 Å². The lowest BCUT2D eigenvalue weighted by molar-refractivity contribution is 0.211. The molecule has 1 N–H and O–H groups in total. The number of anilines is 1. The lowest BCUT2D eigenvalue weighted by Crippen LogP contribution is -2.06. The van der Waals surface area contributed by atoms with Crippen LogP contribution in [-0.4, -0.2) is 20.3 Å². The number of benzene rings is 1. The van der Waals surface area contributed by atoms with Crippen molar-refractivity contribution < 1.29 is 4.74 Å². The third-order valence-corrected chi connectivity index (χ3v) is 1.41.